The van der Waals surface area contributed by atoms with Crippen LogP contribution in [-0.4, -0.2) is 46.7 Å². The zero-order chi connectivity index (χ0) is 20.8. The Morgan fingerprint density at radius 3 is 2.52 bits per heavy atom. The van der Waals surface area contributed by atoms with Crippen LogP contribution in [0.1, 0.15) is 64.5 Å². The highest BCUT2D eigenvalue weighted by Gasteiger charge is 2.37. The van der Waals surface area contributed by atoms with Gasteiger partial charge in [-0.05, 0) is 31.6 Å². The molecule has 3 rings (SSSR count). The van der Waals surface area contributed by atoms with E-state index in [1.165, 1.54) is 17.8 Å². The van der Waals surface area contributed by atoms with Gasteiger partial charge in [0.15, 0.2) is 5.13 Å². The Balaban J connectivity index is 1.49. The van der Waals surface area contributed by atoms with Crippen molar-refractivity contribution in [3.8, 4) is 0 Å². The number of aromatic nitrogens is 1. The Morgan fingerprint density at radius 1 is 1.14 bits per heavy atom. The second-order valence-electron chi connectivity index (χ2n) is 8.60. The van der Waals surface area contributed by atoms with Gasteiger partial charge in [-0.1, -0.05) is 33.1 Å². The van der Waals surface area contributed by atoms with E-state index in [-0.39, 0.29) is 42.6 Å². The van der Waals surface area contributed by atoms with Crippen LogP contribution in [0.5, 0.6) is 0 Å². The van der Waals surface area contributed by atoms with Gasteiger partial charge < -0.3 is 15.5 Å². The van der Waals surface area contributed by atoms with Crippen molar-refractivity contribution >= 4 is 34.2 Å². The van der Waals surface area contributed by atoms with Crippen LogP contribution < -0.4 is 10.6 Å². The lowest BCUT2D eigenvalue weighted by Crippen LogP contribution is -2.43. The molecule has 2 N–H and O–H groups in total. The number of hydrogen-bond acceptors (Lipinski definition) is 5. The summed E-state index contributed by atoms with van der Waals surface area (Å²) >= 11 is 1.31. The summed E-state index contributed by atoms with van der Waals surface area (Å²) < 4.78 is 0. The molecule has 0 unspecified atom stereocenters. The first-order valence-electron chi connectivity index (χ1n) is 10.7. The molecule has 1 aromatic heterocycles. The number of amides is 3. The van der Waals surface area contributed by atoms with Crippen LogP contribution in [-0.2, 0) is 20.8 Å². The fourth-order valence-corrected chi connectivity index (χ4v) is 4.39. The number of thiazole rings is 1. The van der Waals surface area contributed by atoms with E-state index >= 15 is 0 Å². The number of nitrogens with zero attached hydrogens (tertiary/aromatic N) is 2. The molecule has 1 heterocycles. The molecule has 0 bridgehead atoms. The van der Waals surface area contributed by atoms with Crippen molar-refractivity contribution in [3.05, 3.63) is 11.1 Å². The molecule has 2 aliphatic rings. The molecule has 0 atom stereocenters. The lowest BCUT2D eigenvalue weighted by Gasteiger charge is -2.28. The number of rotatable bonds is 9. The number of carbonyl (C=O) groups excluding carboxylic acids is 3. The lowest BCUT2D eigenvalue weighted by atomic mass is 9.88. The predicted octanol–water partition coefficient (Wildman–Crippen LogP) is 2.97. The topological polar surface area (TPSA) is 91.4 Å². The number of carbonyl (C=O) groups is 3. The summed E-state index contributed by atoms with van der Waals surface area (Å²) in [5.74, 6) is 0.331. The van der Waals surface area contributed by atoms with E-state index in [0.717, 1.165) is 38.5 Å². The Labute approximate surface area is 176 Å². The third-order valence-electron chi connectivity index (χ3n) is 5.39. The molecule has 0 saturated heterocycles. The maximum atomic E-state index is 12.9. The minimum absolute atomic E-state index is 0.0696. The molecule has 29 heavy (non-hydrogen) atoms. The van der Waals surface area contributed by atoms with Gasteiger partial charge in [0.1, 0.15) is 6.54 Å². The van der Waals surface area contributed by atoms with Gasteiger partial charge in [0.25, 0.3) is 0 Å². The first-order valence-corrected chi connectivity index (χ1v) is 11.6. The van der Waals surface area contributed by atoms with Crippen molar-refractivity contribution in [1.82, 2.24) is 15.2 Å². The van der Waals surface area contributed by atoms with Crippen LogP contribution in [0.4, 0.5) is 5.13 Å². The molecule has 7 nitrogen and oxygen atoms in total. The van der Waals surface area contributed by atoms with E-state index in [0.29, 0.717) is 23.3 Å². The molecule has 0 radical (unpaired) electrons. The smallest absolute Gasteiger partial charge is 0.245 e. The third-order valence-corrected chi connectivity index (χ3v) is 6.19. The molecule has 3 amide bonds. The molecule has 1 aromatic rings. The summed E-state index contributed by atoms with van der Waals surface area (Å²) in [4.78, 5) is 43.5. The number of hydrogen-bond donors (Lipinski definition) is 2. The van der Waals surface area contributed by atoms with Crippen LogP contribution in [0.25, 0.3) is 0 Å². The van der Waals surface area contributed by atoms with Gasteiger partial charge in [-0.3, -0.25) is 14.4 Å². The van der Waals surface area contributed by atoms with Gasteiger partial charge in [-0.25, -0.2) is 4.98 Å². The molecule has 0 aliphatic heterocycles. The average Bonchev–Trinajstić information content (AvgIpc) is 3.45. The van der Waals surface area contributed by atoms with E-state index in [1.54, 1.807) is 10.3 Å². The maximum Gasteiger partial charge on any atom is 0.245 e. The summed E-state index contributed by atoms with van der Waals surface area (Å²) in [5.41, 5.74) is 0.642. The van der Waals surface area contributed by atoms with Gasteiger partial charge in [0, 0.05) is 23.9 Å². The van der Waals surface area contributed by atoms with Crippen LogP contribution >= 0.6 is 11.3 Å². The van der Waals surface area contributed by atoms with E-state index in [4.69, 9.17) is 0 Å². The highest BCUT2D eigenvalue weighted by Crippen LogP contribution is 2.32. The Morgan fingerprint density at radius 2 is 1.86 bits per heavy atom. The van der Waals surface area contributed by atoms with Crippen molar-refractivity contribution in [1.29, 1.82) is 0 Å². The third kappa shape index (κ3) is 6.80. The number of anilines is 1. The summed E-state index contributed by atoms with van der Waals surface area (Å²) in [6, 6.07) is 0.215. The normalized spacial score (nSPS) is 17.2. The SMILES string of the molecule is CC(C)CNC(=O)Cc1csc(NC(=O)CN(C(=O)C2CCCCC2)C2CC2)n1. The molecular weight excluding hydrogens is 388 g/mol. The van der Waals surface area contributed by atoms with Gasteiger partial charge in [-0.15, -0.1) is 11.3 Å². The van der Waals surface area contributed by atoms with Crippen molar-refractivity contribution in [2.45, 2.75) is 71.3 Å². The van der Waals surface area contributed by atoms with E-state index in [1.807, 2.05) is 13.8 Å². The quantitative estimate of drug-likeness (QED) is 0.642. The molecule has 2 aliphatic carbocycles. The summed E-state index contributed by atoms with van der Waals surface area (Å²) in [7, 11) is 0. The van der Waals surface area contributed by atoms with Gasteiger partial charge in [-0.2, -0.15) is 0 Å². The zero-order valence-corrected chi connectivity index (χ0v) is 18.2. The highest BCUT2D eigenvalue weighted by molar-refractivity contribution is 7.13. The predicted molar refractivity (Wildman–Crippen MR) is 114 cm³/mol. The largest absolute Gasteiger partial charge is 0.356 e. The minimum atomic E-state index is -0.216. The average molecular weight is 421 g/mol. The van der Waals surface area contributed by atoms with Crippen LogP contribution in [0.15, 0.2) is 5.38 Å². The molecular formula is C21H32N4O3S. The molecule has 160 valence electrons. The highest BCUT2D eigenvalue weighted by atomic mass is 32.1. The Bertz CT molecular complexity index is 723. The van der Waals surface area contributed by atoms with Gasteiger partial charge >= 0.3 is 0 Å². The monoisotopic (exact) mass is 420 g/mol. The van der Waals surface area contributed by atoms with E-state index in [2.05, 4.69) is 15.6 Å². The fraction of sp³-hybridized carbons (Fsp3) is 0.714. The zero-order valence-electron chi connectivity index (χ0n) is 17.4. The molecule has 0 aromatic carbocycles. The second-order valence-corrected chi connectivity index (χ2v) is 9.46. The van der Waals surface area contributed by atoms with Gasteiger partial charge in [0.2, 0.25) is 17.7 Å². The molecule has 2 saturated carbocycles. The standard InChI is InChI=1S/C21H32N4O3S/c1-14(2)11-22-18(26)10-16-13-29-21(23-16)24-19(27)12-25(17-8-9-17)20(28)15-6-4-3-5-7-15/h13-15,17H,3-12H2,1-2H3,(H,22,26)(H,23,24,27). The first kappa shape index (κ1) is 21.7. The van der Waals surface area contributed by atoms with Crippen molar-refractivity contribution < 1.29 is 14.4 Å². The lowest BCUT2D eigenvalue weighted by molar-refractivity contribution is -0.139. The van der Waals surface area contributed by atoms with E-state index < -0.39 is 0 Å². The van der Waals surface area contributed by atoms with Crippen LogP contribution in [0.2, 0.25) is 0 Å². The van der Waals surface area contributed by atoms with Crippen molar-refractivity contribution in [2.75, 3.05) is 18.4 Å². The van der Waals surface area contributed by atoms with E-state index in [9.17, 15) is 14.4 Å². The summed E-state index contributed by atoms with van der Waals surface area (Å²) in [5, 5.41) is 7.93. The Kier molecular flexibility index (Phi) is 7.64. The summed E-state index contributed by atoms with van der Waals surface area (Å²) in [6.45, 7) is 4.81. The van der Waals surface area contributed by atoms with Crippen LogP contribution in [0, 0.1) is 11.8 Å². The molecule has 2 fully saturated rings. The van der Waals surface area contributed by atoms with Gasteiger partial charge in [0.05, 0.1) is 12.1 Å². The maximum absolute atomic E-state index is 12.9. The first-order chi connectivity index (χ1) is 13.9. The minimum Gasteiger partial charge on any atom is -0.356 e. The van der Waals surface area contributed by atoms with Crippen molar-refractivity contribution in [2.24, 2.45) is 11.8 Å². The fourth-order valence-electron chi connectivity index (χ4n) is 3.66. The number of nitrogens with one attached hydrogen (secondary N) is 2. The van der Waals surface area contributed by atoms with Crippen LogP contribution in [0.3, 0.4) is 0 Å². The summed E-state index contributed by atoms with van der Waals surface area (Å²) in [6.07, 6.45) is 7.47. The molecule has 0 spiro atoms. The van der Waals surface area contributed by atoms with Crippen molar-refractivity contribution in [3.63, 3.8) is 0 Å². The second kappa shape index (κ2) is 10.2. The molecule has 8 heteroatoms. The Hall–Kier alpha value is -1.96.